The van der Waals surface area contributed by atoms with E-state index in [0.29, 0.717) is 11.1 Å². The van der Waals surface area contributed by atoms with E-state index in [-0.39, 0.29) is 6.10 Å². The summed E-state index contributed by atoms with van der Waals surface area (Å²) in [6.45, 7) is 5.54. The van der Waals surface area contributed by atoms with Gasteiger partial charge in [0.2, 0.25) is 5.95 Å². The van der Waals surface area contributed by atoms with Crippen molar-refractivity contribution in [3.63, 3.8) is 0 Å². The Labute approximate surface area is 107 Å². The van der Waals surface area contributed by atoms with E-state index in [9.17, 15) is 0 Å². The zero-order valence-corrected chi connectivity index (χ0v) is 11.0. The molecular weight excluding hydrogens is 236 g/mol. The molecule has 1 rings (SSSR count). The van der Waals surface area contributed by atoms with Crippen LogP contribution in [0.2, 0.25) is 0 Å². The molecule has 17 heavy (non-hydrogen) atoms. The summed E-state index contributed by atoms with van der Waals surface area (Å²) in [5, 5.41) is 6.49. The third kappa shape index (κ3) is 6.80. The van der Waals surface area contributed by atoms with Crippen molar-refractivity contribution >= 4 is 23.3 Å². The molecule has 0 atom stereocenters. The Morgan fingerprint density at radius 2 is 2.12 bits per heavy atom. The molecule has 2 N–H and O–H groups in total. The summed E-state index contributed by atoms with van der Waals surface area (Å²) in [7, 11) is 0. The van der Waals surface area contributed by atoms with Crippen LogP contribution in [0.25, 0.3) is 0 Å². The van der Waals surface area contributed by atoms with Gasteiger partial charge in [-0.1, -0.05) is 0 Å². The van der Waals surface area contributed by atoms with Crippen molar-refractivity contribution < 1.29 is 4.74 Å². The van der Waals surface area contributed by atoms with Crippen molar-refractivity contribution in [2.75, 3.05) is 18.5 Å². The minimum atomic E-state index is 0.276. The molecule has 0 aliphatic heterocycles. The number of anilines is 1. The third-order valence-corrected chi connectivity index (χ3v) is 2.10. The van der Waals surface area contributed by atoms with Gasteiger partial charge >= 0.3 is 0 Å². The standard InChI is InChI=1S/C11H18N4OS/c1-9(2)16-8-4-7-14-11(17)15-10-12-5-3-6-13-10/h3,5-6,9H,4,7-8H2,1-2H3,(H2,12,13,14,15,17). The van der Waals surface area contributed by atoms with Crippen LogP contribution in [0, 0.1) is 0 Å². The highest BCUT2D eigenvalue weighted by Gasteiger charge is 1.98. The van der Waals surface area contributed by atoms with Gasteiger partial charge in [-0.25, -0.2) is 9.97 Å². The Kier molecular flexibility index (Phi) is 6.42. The fraction of sp³-hybridized carbons (Fsp3) is 0.545. The lowest BCUT2D eigenvalue weighted by Gasteiger charge is -2.10. The number of ether oxygens (including phenoxy) is 1. The van der Waals surface area contributed by atoms with Crippen molar-refractivity contribution in [3.8, 4) is 0 Å². The van der Waals surface area contributed by atoms with Gasteiger partial charge in [-0.15, -0.1) is 0 Å². The summed E-state index contributed by atoms with van der Waals surface area (Å²) in [6, 6.07) is 1.75. The summed E-state index contributed by atoms with van der Waals surface area (Å²) in [4.78, 5) is 8.02. The van der Waals surface area contributed by atoms with Gasteiger partial charge in [-0.2, -0.15) is 0 Å². The van der Waals surface area contributed by atoms with Crippen molar-refractivity contribution in [2.24, 2.45) is 0 Å². The smallest absolute Gasteiger partial charge is 0.228 e. The van der Waals surface area contributed by atoms with Crippen LogP contribution >= 0.6 is 12.2 Å². The van der Waals surface area contributed by atoms with E-state index < -0.39 is 0 Å². The van der Waals surface area contributed by atoms with Gasteiger partial charge in [0, 0.05) is 25.5 Å². The molecule has 1 heterocycles. The highest BCUT2D eigenvalue weighted by atomic mass is 32.1. The number of hydrogen-bond donors (Lipinski definition) is 2. The van der Waals surface area contributed by atoms with E-state index in [0.717, 1.165) is 19.6 Å². The van der Waals surface area contributed by atoms with Crippen LogP contribution in [0.1, 0.15) is 20.3 Å². The monoisotopic (exact) mass is 254 g/mol. The molecule has 1 aromatic rings. The Balaban J connectivity index is 2.10. The normalized spacial score (nSPS) is 10.3. The molecule has 0 fully saturated rings. The van der Waals surface area contributed by atoms with Gasteiger partial charge in [0.1, 0.15) is 0 Å². The first-order chi connectivity index (χ1) is 8.18. The maximum atomic E-state index is 5.41. The molecule has 5 nitrogen and oxygen atoms in total. The summed E-state index contributed by atoms with van der Waals surface area (Å²) in [5.74, 6) is 0.503. The first kappa shape index (κ1) is 13.8. The molecule has 1 aromatic heterocycles. The van der Waals surface area contributed by atoms with Crippen LogP contribution in [0.15, 0.2) is 18.5 Å². The zero-order chi connectivity index (χ0) is 12.5. The van der Waals surface area contributed by atoms with Crippen molar-refractivity contribution in [3.05, 3.63) is 18.5 Å². The van der Waals surface area contributed by atoms with Crippen LogP contribution < -0.4 is 10.6 Å². The highest BCUT2D eigenvalue weighted by Crippen LogP contribution is 1.93. The minimum absolute atomic E-state index is 0.276. The number of hydrogen-bond acceptors (Lipinski definition) is 4. The van der Waals surface area contributed by atoms with E-state index in [4.69, 9.17) is 17.0 Å². The molecule has 0 saturated carbocycles. The molecular formula is C11H18N4OS. The largest absolute Gasteiger partial charge is 0.379 e. The maximum Gasteiger partial charge on any atom is 0.228 e. The molecule has 0 spiro atoms. The Morgan fingerprint density at radius 1 is 1.41 bits per heavy atom. The summed E-state index contributed by atoms with van der Waals surface area (Å²) in [6.07, 6.45) is 4.51. The lowest BCUT2D eigenvalue weighted by molar-refractivity contribution is 0.0777. The number of aromatic nitrogens is 2. The van der Waals surface area contributed by atoms with Crippen LogP contribution in [-0.4, -0.2) is 34.3 Å². The van der Waals surface area contributed by atoms with Crippen LogP contribution in [0.4, 0.5) is 5.95 Å². The van der Waals surface area contributed by atoms with E-state index in [1.165, 1.54) is 0 Å². The summed E-state index contributed by atoms with van der Waals surface area (Å²) < 4.78 is 5.41. The molecule has 0 aliphatic rings. The Morgan fingerprint density at radius 3 is 2.76 bits per heavy atom. The number of rotatable bonds is 6. The average molecular weight is 254 g/mol. The molecule has 6 heteroatoms. The number of nitrogens with one attached hydrogen (secondary N) is 2. The number of nitrogens with zero attached hydrogens (tertiary/aromatic N) is 2. The topological polar surface area (TPSA) is 59.1 Å². The zero-order valence-electron chi connectivity index (χ0n) is 10.1. The van der Waals surface area contributed by atoms with Crippen molar-refractivity contribution in [1.82, 2.24) is 15.3 Å². The fourth-order valence-corrected chi connectivity index (χ4v) is 1.30. The van der Waals surface area contributed by atoms with Gasteiger partial charge in [-0.3, -0.25) is 0 Å². The van der Waals surface area contributed by atoms with Crippen LogP contribution in [0.3, 0.4) is 0 Å². The summed E-state index contributed by atoms with van der Waals surface area (Å²) >= 11 is 5.09. The lowest BCUT2D eigenvalue weighted by atomic mass is 10.4. The molecule has 0 aromatic carbocycles. The predicted octanol–water partition coefficient (Wildman–Crippen LogP) is 1.58. The average Bonchev–Trinajstić information content (AvgIpc) is 2.29. The van der Waals surface area contributed by atoms with Crippen molar-refractivity contribution in [2.45, 2.75) is 26.4 Å². The second-order valence-electron chi connectivity index (χ2n) is 3.73. The van der Waals surface area contributed by atoms with Gasteiger partial charge in [0.25, 0.3) is 0 Å². The van der Waals surface area contributed by atoms with E-state index in [2.05, 4.69) is 20.6 Å². The molecule has 0 amide bonds. The predicted molar refractivity (Wildman–Crippen MR) is 72.0 cm³/mol. The SMILES string of the molecule is CC(C)OCCCNC(=S)Nc1ncccn1. The fourth-order valence-electron chi connectivity index (χ4n) is 1.10. The first-order valence-electron chi connectivity index (χ1n) is 5.62. The quantitative estimate of drug-likeness (QED) is 0.594. The second kappa shape index (κ2) is 7.92. The van der Waals surface area contributed by atoms with Gasteiger partial charge in [0.05, 0.1) is 6.10 Å². The minimum Gasteiger partial charge on any atom is -0.379 e. The van der Waals surface area contributed by atoms with Crippen LogP contribution in [0.5, 0.6) is 0 Å². The summed E-state index contributed by atoms with van der Waals surface area (Å²) in [5.41, 5.74) is 0. The Bertz CT molecular complexity index is 332. The lowest BCUT2D eigenvalue weighted by Crippen LogP contribution is -2.30. The Hall–Kier alpha value is -1.27. The molecule has 0 radical (unpaired) electrons. The first-order valence-corrected chi connectivity index (χ1v) is 6.03. The maximum absolute atomic E-state index is 5.41. The molecule has 0 saturated heterocycles. The van der Waals surface area contributed by atoms with Gasteiger partial charge in [0.15, 0.2) is 5.11 Å². The van der Waals surface area contributed by atoms with E-state index in [1.807, 2.05) is 13.8 Å². The molecule has 94 valence electrons. The molecule has 0 bridgehead atoms. The third-order valence-electron chi connectivity index (χ3n) is 1.85. The second-order valence-corrected chi connectivity index (χ2v) is 4.13. The van der Waals surface area contributed by atoms with Crippen LogP contribution in [-0.2, 0) is 4.74 Å². The highest BCUT2D eigenvalue weighted by molar-refractivity contribution is 7.80. The van der Waals surface area contributed by atoms with Gasteiger partial charge < -0.3 is 15.4 Å². The molecule has 0 aliphatic carbocycles. The van der Waals surface area contributed by atoms with E-state index >= 15 is 0 Å². The van der Waals surface area contributed by atoms with E-state index in [1.54, 1.807) is 18.5 Å². The number of thiocarbonyl (C=S) groups is 1. The van der Waals surface area contributed by atoms with Gasteiger partial charge in [-0.05, 0) is 38.6 Å². The molecule has 0 unspecified atom stereocenters. The van der Waals surface area contributed by atoms with Crippen molar-refractivity contribution in [1.29, 1.82) is 0 Å².